The van der Waals surface area contributed by atoms with Crippen molar-refractivity contribution in [3.63, 3.8) is 0 Å². The number of nitrogens with zero attached hydrogens (tertiary/aromatic N) is 10. The Morgan fingerprint density at radius 1 is 1.07 bits per heavy atom. The molecule has 0 saturated carbocycles. The van der Waals surface area contributed by atoms with Crippen LogP contribution in [-0.4, -0.2) is 109 Å². The van der Waals surface area contributed by atoms with Crippen LogP contribution in [0.3, 0.4) is 0 Å². The highest BCUT2D eigenvalue weighted by atomic mass is 31.2. The van der Waals surface area contributed by atoms with Crippen molar-refractivity contribution < 1.29 is 43.3 Å². The Hall–Kier alpha value is -4.28. The standard InChI is InChI=1S/C20H24N13O10P/c21-14-9-15(25-3-24-14)32(4-26-9)18-12(36)8(30-31-23)7(42-18)2-40-44(38,39)43-13-11(35)6(1-34)41-19(13)33-5-27-10-16(33)28-20(22)29-17(10)37/h3-8,11-13,18-19,34-36H,1-2H2,(H,38,39)(H2,21,24,25)(H3,22,28,29,37)/t6-,7-,8?,11-,12-,13-,18-,19-/m1/s1. The zero-order valence-corrected chi connectivity index (χ0v) is 23.0. The van der Waals surface area contributed by atoms with Crippen molar-refractivity contribution >= 4 is 41.9 Å². The largest absolute Gasteiger partial charge is 0.472 e. The summed E-state index contributed by atoms with van der Waals surface area (Å²) in [5, 5.41) is 34.9. The number of phosphoric ester groups is 1. The first-order chi connectivity index (χ1) is 21.0. The summed E-state index contributed by atoms with van der Waals surface area (Å²) >= 11 is 0. The third-order valence-electron chi connectivity index (χ3n) is 7.06. The van der Waals surface area contributed by atoms with E-state index >= 15 is 0 Å². The van der Waals surface area contributed by atoms with Gasteiger partial charge >= 0.3 is 7.82 Å². The van der Waals surface area contributed by atoms with Crippen molar-refractivity contribution in [2.24, 2.45) is 5.11 Å². The van der Waals surface area contributed by atoms with Crippen LogP contribution < -0.4 is 17.0 Å². The molecule has 6 heterocycles. The smallest absolute Gasteiger partial charge is 0.394 e. The number of anilines is 2. The van der Waals surface area contributed by atoms with Gasteiger partial charge in [0.05, 0.1) is 38.0 Å². The van der Waals surface area contributed by atoms with E-state index in [1.54, 1.807) is 0 Å². The molecule has 44 heavy (non-hydrogen) atoms. The molecule has 24 heteroatoms. The average Bonchev–Trinajstić information content (AvgIpc) is 3.74. The first-order valence-electron chi connectivity index (χ1n) is 12.7. The van der Waals surface area contributed by atoms with E-state index in [9.17, 15) is 29.6 Å². The molecular formula is C20H24N13O10P. The molecule has 2 aliphatic heterocycles. The Bertz CT molecular complexity index is 1860. The van der Waals surface area contributed by atoms with Crippen molar-refractivity contribution in [1.29, 1.82) is 0 Å². The maximum absolute atomic E-state index is 13.1. The first-order valence-corrected chi connectivity index (χ1v) is 14.2. The maximum atomic E-state index is 13.1. The molecule has 9 atom stereocenters. The highest BCUT2D eigenvalue weighted by Crippen LogP contribution is 2.50. The van der Waals surface area contributed by atoms with Gasteiger partial charge in [-0.3, -0.25) is 28.0 Å². The fourth-order valence-electron chi connectivity index (χ4n) is 5.04. The van der Waals surface area contributed by atoms with Gasteiger partial charge in [0.2, 0.25) is 5.95 Å². The summed E-state index contributed by atoms with van der Waals surface area (Å²) in [7, 11) is -5.10. The number of phosphoric acid groups is 1. The molecule has 0 amide bonds. The second kappa shape index (κ2) is 11.3. The molecule has 2 saturated heterocycles. The number of ether oxygens (including phenoxy) is 2. The number of imidazole rings is 2. The van der Waals surface area contributed by atoms with Crippen LogP contribution in [0.5, 0.6) is 0 Å². The second-order valence-corrected chi connectivity index (χ2v) is 11.1. The van der Waals surface area contributed by atoms with Gasteiger partial charge in [-0.1, -0.05) is 5.11 Å². The third kappa shape index (κ3) is 5.11. The average molecular weight is 637 g/mol. The lowest BCUT2D eigenvalue weighted by atomic mass is 10.1. The van der Waals surface area contributed by atoms with Crippen LogP contribution in [0.15, 0.2) is 28.9 Å². The van der Waals surface area contributed by atoms with Crippen molar-refractivity contribution in [3.8, 4) is 0 Å². The minimum absolute atomic E-state index is 0.0700. The Labute approximate surface area is 243 Å². The van der Waals surface area contributed by atoms with Gasteiger partial charge in [-0.15, -0.1) is 0 Å². The Morgan fingerprint density at radius 2 is 1.77 bits per heavy atom. The van der Waals surface area contributed by atoms with Crippen LogP contribution in [-0.2, 0) is 23.1 Å². The number of aliphatic hydroxyl groups excluding tert-OH is 3. The number of nitrogens with one attached hydrogen (secondary N) is 1. The van der Waals surface area contributed by atoms with Gasteiger partial charge in [0.15, 0.2) is 35.1 Å². The first kappa shape index (κ1) is 29.8. The number of nitrogen functional groups attached to an aromatic ring is 2. The maximum Gasteiger partial charge on any atom is 0.472 e. The summed E-state index contributed by atoms with van der Waals surface area (Å²) in [5.41, 5.74) is 20.0. The Balaban J connectivity index is 1.22. The van der Waals surface area contributed by atoms with Crippen LogP contribution in [0.25, 0.3) is 32.8 Å². The predicted octanol–water partition coefficient (Wildman–Crippen LogP) is -2.19. The van der Waals surface area contributed by atoms with E-state index in [1.807, 2.05) is 0 Å². The van der Waals surface area contributed by atoms with Gasteiger partial charge in [-0.25, -0.2) is 24.5 Å². The quantitative estimate of drug-likeness (QED) is 0.0443. The van der Waals surface area contributed by atoms with E-state index in [2.05, 4.69) is 39.9 Å². The number of hydrogen-bond acceptors (Lipinski definition) is 17. The Morgan fingerprint density at radius 3 is 2.50 bits per heavy atom. The second-order valence-electron chi connectivity index (χ2n) is 9.68. The van der Waals surface area contributed by atoms with E-state index < -0.39 is 75.6 Å². The van der Waals surface area contributed by atoms with Gasteiger partial charge < -0.3 is 41.2 Å². The summed E-state index contributed by atoms with van der Waals surface area (Å²) in [5.74, 6) is -0.193. The molecule has 2 unspecified atom stereocenters. The van der Waals surface area contributed by atoms with Crippen LogP contribution in [0.4, 0.5) is 11.8 Å². The van der Waals surface area contributed by atoms with Crippen molar-refractivity contribution in [2.75, 3.05) is 24.7 Å². The van der Waals surface area contributed by atoms with Gasteiger partial charge in [-0.05, 0) is 5.53 Å². The molecule has 6 rings (SSSR count). The molecule has 2 fully saturated rings. The summed E-state index contributed by atoms with van der Waals surface area (Å²) in [6, 6.07) is -1.31. The highest BCUT2D eigenvalue weighted by molar-refractivity contribution is 7.47. The third-order valence-corrected chi connectivity index (χ3v) is 8.04. The van der Waals surface area contributed by atoms with Gasteiger partial charge in [0, 0.05) is 4.91 Å². The molecule has 234 valence electrons. The van der Waals surface area contributed by atoms with Crippen molar-refractivity contribution in [2.45, 2.75) is 49.0 Å². The van der Waals surface area contributed by atoms with E-state index in [0.717, 1.165) is 10.9 Å². The molecule has 0 radical (unpaired) electrons. The topological polar surface area (TPSA) is 343 Å². The summed E-state index contributed by atoms with van der Waals surface area (Å²) in [4.78, 5) is 47.8. The zero-order valence-electron chi connectivity index (χ0n) is 22.1. The molecule has 0 bridgehead atoms. The SMILES string of the molecule is [N-]=[N+]=NC1[C@@H](O)[C@H](n2cnc3c(N)ncnc32)O[C@@H]1COP(=O)(O)O[C@@H]1[C@H](O)[C@@H](CO)O[C@H]1n1cnc2c(=O)[nH]c(N)nc21. The van der Waals surface area contributed by atoms with E-state index in [-0.39, 0.29) is 34.1 Å². The molecule has 0 aromatic carbocycles. The minimum Gasteiger partial charge on any atom is -0.394 e. The minimum atomic E-state index is -5.10. The van der Waals surface area contributed by atoms with Crippen LogP contribution in [0, 0.1) is 0 Å². The number of aromatic nitrogens is 8. The Kier molecular flexibility index (Phi) is 7.67. The number of azide groups is 1. The number of H-pyrrole nitrogens is 1. The number of rotatable bonds is 9. The molecular weight excluding hydrogens is 613 g/mol. The van der Waals surface area contributed by atoms with E-state index in [4.69, 9.17) is 35.5 Å². The molecule has 23 nitrogen and oxygen atoms in total. The van der Waals surface area contributed by atoms with Gasteiger partial charge in [-0.2, -0.15) is 4.98 Å². The number of hydrogen-bond donors (Lipinski definition) is 7. The molecule has 4 aromatic rings. The number of nitrogens with two attached hydrogens (primary N) is 2. The van der Waals surface area contributed by atoms with Crippen molar-refractivity contribution in [3.05, 3.63) is 39.8 Å². The monoisotopic (exact) mass is 637 g/mol. The molecule has 2 aliphatic rings. The van der Waals surface area contributed by atoms with E-state index in [1.165, 1.54) is 17.2 Å². The lowest BCUT2D eigenvalue weighted by Crippen LogP contribution is -2.35. The summed E-state index contributed by atoms with van der Waals surface area (Å²) < 4.78 is 37.4. The fraction of sp³-hybridized carbons (Fsp3) is 0.500. The molecule has 9 N–H and O–H groups in total. The summed E-state index contributed by atoms with van der Waals surface area (Å²) in [6.45, 7) is -1.45. The normalized spacial score (nSPS) is 30.1. The van der Waals surface area contributed by atoms with E-state index in [0.29, 0.717) is 0 Å². The van der Waals surface area contributed by atoms with Gasteiger partial charge in [0.25, 0.3) is 5.56 Å². The van der Waals surface area contributed by atoms with Crippen molar-refractivity contribution in [1.82, 2.24) is 39.0 Å². The fourth-order valence-corrected chi connectivity index (χ4v) is 5.98. The number of fused-ring (bicyclic) bond motifs is 2. The molecule has 4 aromatic heterocycles. The van der Waals surface area contributed by atoms with Crippen LogP contribution in [0.2, 0.25) is 0 Å². The molecule has 0 spiro atoms. The number of aromatic amines is 1. The summed E-state index contributed by atoms with van der Waals surface area (Å²) in [6.07, 6.45) is -6.48. The lowest BCUT2D eigenvalue weighted by molar-refractivity contribution is -0.0591. The highest BCUT2D eigenvalue weighted by Gasteiger charge is 2.50. The van der Waals surface area contributed by atoms with Gasteiger partial charge in [0.1, 0.15) is 36.3 Å². The zero-order chi connectivity index (χ0) is 31.3. The lowest BCUT2D eigenvalue weighted by Gasteiger charge is -2.25. The predicted molar refractivity (Wildman–Crippen MR) is 143 cm³/mol. The molecule has 0 aliphatic carbocycles. The van der Waals surface area contributed by atoms with Crippen LogP contribution >= 0.6 is 7.82 Å². The number of aliphatic hydroxyl groups is 3. The van der Waals surface area contributed by atoms with Crippen LogP contribution in [0.1, 0.15) is 12.5 Å².